The average molecular weight is 340 g/mol. The van der Waals surface area contributed by atoms with E-state index in [0.717, 1.165) is 29.7 Å². The molecule has 0 aliphatic carbocycles. The van der Waals surface area contributed by atoms with Crippen LogP contribution < -0.4 is 0 Å². The van der Waals surface area contributed by atoms with E-state index in [9.17, 15) is 4.79 Å². The Morgan fingerprint density at radius 2 is 2.14 bits per heavy atom. The average Bonchev–Trinajstić information content (AvgIpc) is 2.99. The van der Waals surface area contributed by atoms with Crippen molar-refractivity contribution in [2.45, 2.75) is 19.8 Å². The molecule has 0 fully saturated rings. The van der Waals surface area contributed by atoms with Gasteiger partial charge >= 0.3 is 0 Å². The van der Waals surface area contributed by atoms with Crippen molar-refractivity contribution < 1.29 is 4.79 Å². The highest BCUT2D eigenvalue weighted by Gasteiger charge is 2.17. The van der Waals surface area contributed by atoms with Crippen molar-refractivity contribution >= 4 is 45.8 Å². The van der Waals surface area contributed by atoms with Crippen LogP contribution in [0.3, 0.4) is 0 Å². The number of nitrogens with zero attached hydrogens (tertiary/aromatic N) is 3. The molecule has 0 atom stereocenters. The molecule has 3 rings (SSSR count). The second-order valence-corrected chi connectivity index (χ2v) is 6.39. The van der Waals surface area contributed by atoms with Gasteiger partial charge in [-0.1, -0.05) is 47.5 Å². The van der Waals surface area contributed by atoms with Gasteiger partial charge in [-0.2, -0.15) is 9.61 Å². The van der Waals surface area contributed by atoms with Gasteiger partial charge < -0.3 is 0 Å². The summed E-state index contributed by atoms with van der Waals surface area (Å²) in [6, 6.07) is 5.19. The third-order valence-electron chi connectivity index (χ3n) is 3.05. The minimum absolute atomic E-state index is 0.432. The van der Waals surface area contributed by atoms with Gasteiger partial charge in [0.05, 0.1) is 10.0 Å². The van der Waals surface area contributed by atoms with Crippen LogP contribution in [0.2, 0.25) is 10.0 Å². The van der Waals surface area contributed by atoms with Gasteiger partial charge in [0.15, 0.2) is 6.29 Å². The lowest BCUT2D eigenvalue weighted by Crippen LogP contribution is -1.95. The number of hydrogen-bond acceptors (Lipinski definition) is 4. The van der Waals surface area contributed by atoms with Crippen molar-refractivity contribution in [1.29, 1.82) is 0 Å². The van der Waals surface area contributed by atoms with Crippen molar-refractivity contribution in [3.05, 3.63) is 38.9 Å². The number of aldehydes is 1. The van der Waals surface area contributed by atoms with E-state index in [-0.39, 0.29) is 0 Å². The number of carbonyl (C=O) groups excluding carboxylic acids is 1. The van der Waals surface area contributed by atoms with Gasteiger partial charge in [-0.25, -0.2) is 4.98 Å². The molecule has 0 spiro atoms. The fourth-order valence-electron chi connectivity index (χ4n) is 2.08. The molecule has 0 saturated heterocycles. The van der Waals surface area contributed by atoms with E-state index >= 15 is 0 Å². The number of benzene rings is 1. The first-order valence-corrected chi connectivity index (χ1v) is 8.00. The topological polar surface area (TPSA) is 47.3 Å². The van der Waals surface area contributed by atoms with Gasteiger partial charge in [-0.05, 0) is 18.6 Å². The van der Waals surface area contributed by atoms with Crippen LogP contribution in [0.1, 0.15) is 28.8 Å². The highest BCUT2D eigenvalue weighted by Crippen LogP contribution is 2.31. The number of rotatable bonds is 4. The van der Waals surface area contributed by atoms with Gasteiger partial charge in [0, 0.05) is 12.0 Å². The molecular weight excluding hydrogens is 329 g/mol. The zero-order valence-electron chi connectivity index (χ0n) is 11.1. The molecule has 3 aromatic rings. The summed E-state index contributed by atoms with van der Waals surface area (Å²) >= 11 is 13.4. The minimum Gasteiger partial charge on any atom is -0.296 e. The highest BCUT2D eigenvalue weighted by atomic mass is 35.5. The zero-order valence-corrected chi connectivity index (χ0v) is 13.5. The molecule has 4 nitrogen and oxygen atoms in total. The van der Waals surface area contributed by atoms with Crippen LogP contribution in [-0.2, 0) is 6.42 Å². The Kier molecular flexibility index (Phi) is 3.97. The fraction of sp³-hybridized carbons (Fsp3) is 0.214. The van der Waals surface area contributed by atoms with E-state index in [4.69, 9.17) is 23.2 Å². The molecule has 0 aliphatic heterocycles. The summed E-state index contributed by atoms with van der Waals surface area (Å²) in [5, 5.41) is 6.32. The zero-order chi connectivity index (χ0) is 15.0. The summed E-state index contributed by atoms with van der Waals surface area (Å²) in [6.07, 6.45) is 2.66. The smallest absolute Gasteiger partial charge is 0.213 e. The highest BCUT2D eigenvalue weighted by molar-refractivity contribution is 7.16. The van der Waals surface area contributed by atoms with Gasteiger partial charge in [0.1, 0.15) is 16.4 Å². The van der Waals surface area contributed by atoms with Crippen molar-refractivity contribution in [3.8, 4) is 11.3 Å². The lowest BCUT2D eigenvalue weighted by Gasteiger charge is -2.01. The Balaban J connectivity index is 2.15. The quantitative estimate of drug-likeness (QED) is 0.656. The summed E-state index contributed by atoms with van der Waals surface area (Å²) in [4.78, 5) is 16.7. The van der Waals surface area contributed by atoms with Crippen LogP contribution in [0.15, 0.2) is 18.2 Å². The molecule has 7 heteroatoms. The normalized spacial score (nSPS) is 11.2. The Labute approximate surface area is 135 Å². The Hall–Kier alpha value is -1.43. The monoisotopic (exact) mass is 339 g/mol. The number of halogens is 2. The molecular formula is C14H11Cl2N3OS. The largest absolute Gasteiger partial charge is 0.296 e. The van der Waals surface area contributed by atoms with Crippen LogP contribution >= 0.6 is 34.5 Å². The minimum atomic E-state index is 0.432. The first-order chi connectivity index (χ1) is 10.1. The van der Waals surface area contributed by atoms with Crippen molar-refractivity contribution in [2.24, 2.45) is 0 Å². The predicted octanol–water partition coefficient (Wildman–Crippen LogP) is 4.53. The number of carbonyl (C=O) groups is 1. The summed E-state index contributed by atoms with van der Waals surface area (Å²) in [5.74, 6) is 0. The van der Waals surface area contributed by atoms with Gasteiger partial charge in [-0.15, -0.1) is 0 Å². The van der Waals surface area contributed by atoms with Crippen LogP contribution in [0.4, 0.5) is 0 Å². The standard InChI is InChI=1S/C14H11Cl2N3OS/c1-2-3-12-18-19-11(7-20)13(17-14(19)21-12)8-4-5-9(15)10(16)6-8/h4-7H,2-3H2,1H3. The second-order valence-electron chi connectivity index (χ2n) is 4.53. The van der Waals surface area contributed by atoms with E-state index in [2.05, 4.69) is 17.0 Å². The lowest BCUT2D eigenvalue weighted by molar-refractivity contribution is 0.111. The molecule has 0 amide bonds. The third kappa shape index (κ3) is 2.57. The lowest BCUT2D eigenvalue weighted by atomic mass is 10.1. The van der Waals surface area contributed by atoms with Crippen molar-refractivity contribution in [1.82, 2.24) is 14.6 Å². The van der Waals surface area contributed by atoms with E-state index in [1.54, 1.807) is 22.7 Å². The molecule has 2 heterocycles. The van der Waals surface area contributed by atoms with E-state index in [1.807, 2.05) is 0 Å². The second kappa shape index (κ2) is 5.75. The molecule has 0 bridgehead atoms. The molecule has 21 heavy (non-hydrogen) atoms. The fourth-order valence-corrected chi connectivity index (χ4v) is 3.38. The van der Waals surface area contributed by atoms with E-state index in [0.29, 0.717) is 26.4 Å². The van der Waals surface area contributed by atoms with E-state index < -0.39 is 0 Å². The number of hydrogen-bond donors (Lipinski definition) is 0. The Morgan fingerprint density at radius 3 is 2.81 bits per heavy atom. The van der Waals surface area contributed by atoms with E-state index in [1.165, 1.54) is 11.3 Å². The van der Waals surface area contributed by atoms with Crippen LogP contribution in [0.5, 0.6) is 0 Å². The summed E-state index contributed by atoms with van der Waals surface area (Å²) < 4.78 is 1.60. The molecule has 0 aliphatic rings. The summed E-state index contributed by atoms with van der Waals surface area (Å²) in [6.45, 7) is 2.09. The third-order valence-corrected chi connectivity index (χ3v) is 4.76. The van der Waals surface area contributed by atoms with Gasteiger partial charge in [0.2, 0.25) is 4.96 Å². The number of aryl methyl sites for hydroxylation is 1. The first kappa shape index (κ1) is 14.5. The van der Waals surface area contributed by atoms with Crippen LogP contribution in [0.25, 0.3) is 16.2 Å². The first-order valence-electron chi connectivity index (χ1n) is 6.43. The number of aromatic nitrogens is 3. The van der Waals surface area contributed by atoms with Crippen LogP contribution in [0, 0.1) is 0 Å². The molecule has 0 radical (unpaired) electrons. The van der Waals surface area contributed by atoms with Crippen molar-refractivity contribution in [2.75, 3.05) is 0 Å². The van der Waals surface area contributed by atoms with Crippen LogP contribution in [-0.4, -0.2) is 20.9 Å². The SMILES string of the molecule is CCCc1nn2c(C=O)c(-c3ccc(Cl)c(Cl)c3)nc2s1. The molecule has 2 aromatic heterocycles. The number of fused-ring (bicyclic) bond motifs is 1. The Morgan fingerprint density at radius 1 is 1.33 bits per heavy atom. The van der Waals surface area contributed by atoms with Gasteiger partial charge in [0.25, 0.3) is 0 Å². The molecule has 108 valence electrons. The summed E-state index contributed by atoms with van der Waals surface area (Å²) in [7, 11) is 0. The van der Waals surface area contributed by atoms with Gasteiger partial charge in [-0.3, -0.25) is 4.79 Å². The molecule has 0 N–H and O–H groups in total. The Bertz CT molecular complexity index is 825. The molecule has 0 saturated carbocycles. The maximum Gasteiger partial charge on any atom is 0.213 e. The molecule has 0 unspecified atom stereocenters. The maximum atomic E-state index is 11.4. The maximum absolute atomic E-state index is 11.4. The van der Waals surface area contributed by atoms with Crippen molar-refractivity contribution in [3.63, 3.8) is 0 Å². The molecule has 1 aromatic carbocycles. The summed E-state index contributed by atoms with van der Waals surface area (Å²) in [5.41, 5.74) is 1.76. The predicted molar refractivity (Wildman–Crippen MR) is 85.7 cm³/mol. The number of imidazole rings is 1.